The molecule has 28 heavy (non-hydrogen) atoms. The van der Waals surface area contributed by atoms with Crippen molar-refractivity contribution < 1.29 is 13.6 Å². The molecule has 1 aromatic carbocycles. The van der Waals surface area contributed by atoms with Crippen molar-refractivity contribution in [3.8, 4) is 6.07 Å². The number of benzene rings is 1. The molecule has 1 aliphatic rings. The van der Waals surface area contributed by atoms with E-state index in [0.717, 1.165) is 6.92 Å². The summed E-state index contributed by atoms with van der Waals surface area (Å²) in [4.78, 5) is 20.1. The number of thiophene rings is 1. The van der Waals surface area contributed by atoms with Crippen LogP contribution in [0.25, 0.3) is 0 Å². The number of carbonyl (C=O) groups excluding carboxylic acids is 1. The van der Waals surface area contributed by atoms with E-state index in [-0.39, 0.29) is 17.4 Å². The molecular formula is C19H17BrF2N4OS. The van der Waals surface area contributed by atoms with E-state index in [9.17, 15) is 18.8 Å². The minimum Gasteiger partial charge on any atom is -0.369 e. The normalized spacial score (nSPS) is 22.8. The van der Waals surface area contributed by atoms with E-state index in [0.29, 0.717) is 19.8 Å². The van der Waals surface area contributed by atoms with Crippen LogP contribution >= 0.6 is 27.3 Å². The molecule has 0 bridgehead atoms. The van der Waals surface area contributed by atoms with Crippen LogP contribution < -0.4 is 5.73 Å². The van der Waals surface area contributed by atoms with Gasteiger partial charge in [0.25, 0.3) is 5.92 Å². The number of nitriles is 1. The first-order valence-corrected chi connectivity index (χ1v) is 9.91. The van der Waals surface area contributed by atoms with E-state index in [2.05, 4.69) is 27.0 Å². The highest BCUT2D eigenvalue weighted by Crippen LogP contribution is 2.47. The van der Waals surface area contributed by atoms with E-state index in [1.807, 2.05) is 0 Å². The molecule has 1 aromatic heterocycles. The summed E-state index contributed by atoms with van der Waals surface area (Å²) >= 11 is 4.56. The predicted octanol–water partition coefficient (Wildman–Crippen LogP) is 4.28. The second-order valence-electron chi connectivity index (χ2n) is 6.86. The smallest absolute Gasteiger partial charge is 0.270 e. The minimum atomic E-state index is -2.97. The zero-order chi connectivity index (χ0) is 20.9. The Morgan fingerprint density at radius 2 is 2.00 bits per heavy atom. The Hall–Kier alpha value is -2.31. The Morgan fingerprint density at radius 1 is 1.39 bits per heavy atom. The Labute approximate surface area is 173 Å². The van der Waals surface area contributed by atoms with Crippen LogP contribution in [0.5, 0.6) is 0 Å². The number of nitrogens with two attached hydrogens (primary N) is 1. The summed E-state index contributed by atoms with van der Waals surface area (Å²) in [6, 6.07) is 9.52. The topological polar surface area (TPSA) is 82.5 Å². The molecule has 0 saturated carbocycles. The average molecular weight is 467 g/mol. The Kier molecular flexibility index (Phi) is 5.06. The number of likely N-dealkylation sites (N-methyl/N-ethyl adjacent to an activating group) is 1. The molecule has 2 N–H and O–H groups in total. The highest BCUT2D eigenvalue weighted by atomic mass is 79.9. The van der Waals surface area contributed by atoms with E-state index in [4.69, 9.17) is 5.73 Å². The van der Waals surface area contributed by atoms with Gasteiger partial charge in [-0.15, -0.1) is 11.3 Å². The van der Waals surface area contributed by atoms with Gasteiger partial charge in [-0.2, -0.15) is 5.26 Å². The maximum atomic E-state index is 13.6. The largest absolute Gasteiger partial charge is 0.369 e. The van der Waals surface area contributed by atoms with Gasteiger partial charge in [0.05, 0.1) is 5.92 Å². The van der Waals surface area contributed by atoms with E-state index in [1.165, 1.54) is 47.5 Å². The van der Waals surface area contributed by atoms with Crippen LogP contribution in [0, 0.1) is 11.3 Å². The van der Waals surface area contributed by atoms with Crippen molar-refractivity contribution in [3.63, 3.8) is 0 Å². The van der Waals surface area contributed by atoms with Crippen LogP contribution in [-0.2, 0) is 16.3 Å². The van der Waals surface area contributed by atoms with Gasteiger partial charge < -0.3 is 5.73 Å². The molecule has 1 amide bonds. The van der Waals surface area contributed by atoms with Gasteiger partial charge in [-0.05, 0) is 34.5 Å². The van der Waals surface area contributed by atoms with E-state index >= 15 is 0 Å². The molecule has 2 atom stereocenters. The van der Waals surface area contributed by atoms with Crippen LogP contribution in [-0.4, -0.2) is 23.8 Å². The number of halogens is 3. The third-order valence-electron chi connectivity index (χ3n) is 4.87. The molecule has 5 nitrogen and oxygen atoms in total. The molecule has 1 aliphatic heterocycles. The lowest BCUT2D eigenvalue weighted by atomic mass is 9.77. The maximum absolute atomic E-state index is 13.6. The van der Waals surface area contributed by atoms with Crippen molar-refractivity contribution >= 4 is 39.1 Å². The summed E-state index contributed by atoms with van der Waals surface area (Å²) in [6.07, 6.45) is 0. The molecule has 0 radical (unpaired) electrons. The van der Waals surface area contributed by atoms with Crippen molar-refractivity contribution in [2.75, 3.05) is 7.05 Å². The van der Waals surface area contributed by atoms with Crippen molar-refractivity contribution in [1.29, 1.82) is 5.26 Å². The molecule has 0 unspecified atom stereocenters. The van der Waals surface area contributed by atoms with Crippen LogP contribution in [0.15, 0.2) is 39.8 Å². The SMILES string of the molecule is CN1C(=O)[C@H](c2ccc(C(C)(F)F)cc2)[C@@](C)(c2cc(Br)c(C#N)s2)N=C1N. The quantitative estimate of drug-likeness (QED) is 0.732. The fraction of sp³-hybridized carbons (Fsp3) is 0.316. The summed E-state index contributed by atoms with van der Waals surface area (Å²) in [5.74, 6) is -3.99. The average Bonchev–Trinajstić information content (AvgIpc) is 3.01. The van der Waals surface area contributed by atoms with Crippen molar-refractivity contribution in [2.24, 2.45) is 10.7 Å². The Morgan fingerprint density at radius 3 is 2.50 bits per heavy atom. The third kappa shape index (κ3) is 3.31. The van der Waals surface area contributed by atoms with Gasteiger partial charge in [0.2, 0.25) is 5.91 Å². The fourth-order valence-electron chi connectivity index (χ4n) is 3.25. The highest BCUT2D eigenvalue weighted by molar-refractivity contribution is 9.10. The summed E-state index contributed by atoms with van der Waals surface area (Å²) in [5, 5.41) is 9.27. The lowest BCUT2D eigenvalue weighted by Crippen LogP contribution is -2.52. The van der Waals surface area contributed by atoms with Crippen molar-refractivity contribution in [3.05, 3.63) is 55.7 Å². The van der Waals surface area contributed by atoms with Gasteiger partial charge in [0.1, 0.15) is 16.5 Å². The number of amides is 1. The minimum absolute atomic E-state index is 0.0588. The fourth-order valence-corrected chi connectivity index (χ4v) is 4.93. The van der Waals surface area contributed by atoms with E-state index < -0.39 is 17.4 Å². The molecule has 2 aromatic rings. The number of hydrogen-bond donors (Lipinski definition) is 1. The first-order chi connectivity index (χ1) is 13.0. The number of guanidine groups is 1. The first kappa shape index (κ1) is 20.4. The standard InChI is InChI=1S/C19H17BrF2N4OS/c1-18(14-8-12(20)13(9-23)28-14)15(16(27)26(3)17(24)25-18)10-4-6-11(7-5-10)19(2,21)22/h4-8,15H,1-3H3,(H2,24,25)/t15-,18+/m0/s1. The zero-order valence-corrected chi connectivity index (χ0v) is 17.7. The van der Waals surface area contributed by atoms with Gasteiger partial charge in [-0.1, -0.05) is 24.3 Å². The maximum Gasteiger partial charge on any atom is 0.270 e. The second kappa shape index (κ2) is 6.94. The van der Waals surface area contributed by atoms with Gasteiger partial charge in [0, 0.05) is 28.9 Å². The number of alkyl halides is 2. The number of aliphatic imine (C=N–C) groups is 1. The Bertz CT molecular complexity index is 1010. The number of hydrogen-bond acceptors (Lipinski definition) is 5. The van der Waals surface area contributed by atoms with Crippen molar-refractivity contribution in [2.45, 2.75) is 31.2 Å². The summed E-state index contributed by atoms with van der Waals surface area (Å²) < 4.78 is 27.8. The van der Waals surface area contributed by atoms with Gasteiger partial charge in [-0.25, -0.2) is 13.8 Å². The molecule has 9 heteroatoms. The van der Waals surface area contributed by atoms with Gasteiger partial charge in [-0.3, -0.25) is 9.69 Å². The van der Waals surface area contributed by atoms with E-state index in [1.54, 1.807) is 13.0 Å². The first-order valence-electron chi connectivity index (χ1n) is 8.30. The monoisotopic (exact) mass is 466 g/mol. The van der Waals surface area contributed by atoms with Gasteiger partial charge >= 0.3 is 0 Å². The second-order valence-corrected chi connectivity index (χ2v) is 8.76. The molecule has 0 fully saturated rings. The van der Waals surface area contributed by atoms with Crippen LogP contribution in [0.3, 0.4) is 0 Å². The number of nitrogens with zero attached hydrogens (tertiary/aromatic N) is 3. The zero-order valence-electron chi connectivity index (χ0n) is 15.3. The molecule has 0 spiro atoms. The number of rotatable bonds is 3. The lowest BCUT2D eigenvalue weighted by Gasteiger charge is -2.40. The molecule has 3 rings (SSSR count). The van der Waals surface area contributed by atoms with Gasteiger partial charge in [0.15, 0.2) is 5.96 Å². The number of carbonyl (C=O) groups is 1. The summed E-state index contributed by atoms with van der Waals surface area (Å²) in [7, 11) is 1.52. The van der Waals surface area contributed by atoms with Crippen LogP contribution in [0.2, 0.25) is 0 Å². The Balaban J connectivity index is 2.17. The van der Waals surface area contributed by atoms with Crippen molar-refractivity contribution in [1.82, 2.24) is 4.90 Å². The predicted molar refractivity (Wildman–Crippen MR) is 107 cm³/mol. The molecule has 0 saturated heterocycles. The van der Waals surface area contributed by atoms with Crippen LogP contribution in [0.4, 0.5) is 8.78 Å². The third-order valence-corrected chi connectivity index (χ3v) is 7.02. The highest BCUT2D eigenvalue weighted by Gasteiger charge is 2.48. The summed E-state index contributed by atoms with van der Waals surface area (Å²) in [5.41, 5.74) is 5.30. The lowest BCUT2D eigenvalue weighted by molar-refractivity contribution is -0.130. The molecule has 2 heterocycles. The summed E-state index contributed by atoms with van der Waals surface area (Å²) in [6.45, 7) is 2.58. The van der Waals surface area contributed by atoms with Crippen LogP contribution in [0.1, 0.15) is 40.6 Å². The molecule has 0 aliphatic carbocycles. The molecule has 146 valence electrons. The molecular weight excluding hydrogens is 450 g/mol.